The topological polar surface area (TPSA) is 60.0 Å². The predicted molar refractivity (Wildman–Crippen MR) is 117 cm³/mol. The van der Waals surface area contributed by atoms with Gasteiger partial charge in [-0.2, -0.15) is 0 Å². The molecule has 31 heavy (non-hydrogen) atoms. The first-order valence-corrected chi connectivity index (χ1v) is 11.0. The van der Waals surface area contributed by atoms with Crippen molar-refractivity contribution >= 4 is 16.9 Å². The van der Waals surface area contributed by atoms with Gasteiger partial charge in [-0.1, -0.05) is 35.4 Å². The van der Waals surface area contributed by atoms with Gasteiger partial charge in [-0.15, -0.1) is 0 Å². The molecule has 2 aromatic carbocycles. The highest BCUT2D eigenvalue weighted by Crippen LogP contribution is 2.27. The molecule has 160 valence electrons. The van der Waals surface area contributed by atoms with E-state index in [9.17, 15) is 4.39 Å². The van der Waals surface area contributed by atoms with E-state index in [1.165, 1.54) is 37.0 Å². The van der Waals surface area contributed by atoms with Crippen LogP contribution in [0.3, 0.4) is 0 Å². The summed E-state index contributed by atoms with van der Waals surface area (Å²) in [7, 11) is 0. The fourth-order valence-corrected chi connectivity index (χ4v) is 4.59. The second kappa shape index (κ2) is 8.88. The minimum Gasteiger partial charge on any atom is -0.464 e. The average molecular weight is 420 g/mol. The lowest BCUT2D eigenvalue weighted by molar-refractivity contribution is 0.376. The number of aryl methyl sites for hydroxylation is 1. The van der Waals surface area contributed by atoms with Gasteiger partial charge in [0.25, 0.3) is 0 Å². The molecule has 5 rings (SSSR count). The molecule has 0 radical (unpaired) electrons. The summed E-state index contributed by atoms with van der Waals surface area (Å²) in [5.41, 5.74) is 2.95. The Hall–Kier alpha value is -3.22. The zero-order chi connectivity index (χ0) is 21.0. The molecule has 1 aliphatic rings. The van der Waals surface area contributed by atoms with Gasteiger partial charge in [-0.05, 0) is 72.2 Å². The van der Waals surface area contributed by atoms with E-state index in [1.54, 1.807) is 17.0 Å². The van der Waals surface area contributed by atoms with Crippen LogP contribution in [0.15, 0.2) is 59.2 Å². The number of tetrazole rings is 1. The van der Waals surface area contributed by atoms with Crippen LogP contribution in [-0.2, 0) is 13.0 Å². The molecule has 0 bridgehead atoms. The van der Waals surface area contributed by atoms with Crippen molar-refractivity contribution in [2.75, 3.05) is 18.0 Å². The minimum atomic E-state index is -0.276. The zero-order valence-electron chi connectivity index (χ0n) is 17.5. The summed E-state index contributed by atoms with van der Waals surface area (Å²) in [6, 6.07) is 15.2. The minimum absolute atomic E-state index is 0.276. The summed E-state index contributed by atoms with van der Waals surface area (Å²) in [6.45, 7) is 2.38. The number of anilines is 1. The van der Waals surface area contributed by atoms with Crippen molar-refractivity contribution < 1.29 is 8.81 Å². The quantitative estimate of drug-likeness (QED) is 0.429. The number of halogens is 1. The van der Waals surface area contributed by atoms with Gasteiger partial charge in [0.1, 0.15) is 11.4 Å². The highest BCUT2D eigenvalue weighted by Gasteiger charge is 2.24. The van der Waals surface area contributed by atoms with Gasteiger partial charge in [-0.3, -0.25) is 0 Å². The average Bonchev–Trinajstić information content (AvgIpc) is 3.42. The van der Waals surface area contributed by atoms with Crippen molar-refractivity contribution in [1.29, 1.82) is 0 Å². The number of hydrogen-bond acceptors (Lipinski definition) is 5. The van der Waals surface area contributed by atoms with E-state index in [0.29, 0.717) is 18.0 Å². The lowest BCUT2D eigenvalue weighted by Gasteiger charge is -2.33. The summed E-state index contributed by atoms with van der Waals surface area (Å²) in [5.74, 6) is 1.14. The Morgan fingerprint density at radius 3 is 2.94 bits per heavy atom. The number of fused-ring (bicyclic) bond motifs is 1. The van der Waals surface area contributed by atoms with Crippen LogP contribution in [0.4, 0.5) is 10.3 Å². The number of aromatic nitrogens is 4. The molecule has 1 unspecified atom stereocenters. The molecule has 1 aliphatic heterocycles. The molecule has 6 nitrogen and oxygen atoms in total. The summed E-state index contributed by atoms with van der Waals surface area (Å²) < 4.78 is 21.1. The van der Waals surface area contributed by atoms with Gasteiger partial charge in [0.2, 0.25) is 5.95 Å². The van der Waals surface area contributed by atoms with Gasteiger partial charge < -0.3 is 9.32 Å². The molecular weight excluding hydrogens is 393 g/mol. The Morgan fingerprint density at radius 2 is 2.03 bits per heavy atom. The normalized spacial score (nSPS) is 16.8. The molecule has 1 fully saturated rings. The number of piperidine rings is 1. The second-order valence-corrected chi connectivity index (χ2v) is 8.37. The molecule has 0 saturated carbocycles. The van der Waals surface area contributed by atoms with Gasteiger partial charge in [0, 0.05) is 24.0 Å². The number of nitrogens with zero attached hydrogens (tertiary/aromatic N) is 5. The number of furan rings is 1. The second-order valence-electron chi connectivity index (χ2n) is 8.37. The maximum absolute atomic E-state index is 13.7. The van der Waals surface area contributed by atoms with Crippen LogP contribution in [0, 0.1) is 11.7 Å². The van der Waals surface area contributed by atoms with Gasteiger partial charge in [0.15, 0.2) is 0 Å². The van der Waals surface area contributed by atoms with Crippen LogP contribution >= 0.6 is 0 Å². The van der Waals surface area contributed by atoms with Crippen LogP contribution < -0.4 is 4.90 Å². The monoisotopic (exact) mass is 419 g/mol. The number of hydrogen-bond donors (Lipinski definition) is 0. The van der Waals surface area contributed by atoms with E-state index in [0.717, 1.165) is 42.8 Å². The Kier molecular flexibility index (Phi) is 5.65. The Balaban J connectivity index is 1.24. The van der Waals surface area contributed by atoms with Crippen LogP contribution in [0.25, 0.3) is 11.0 Å². The maximum Gasteiger partial charge on any atom is 0.245 e. The van der Waals surface area contributed by atoms with Crippen LogP contribution in [0.5, 0.6) is 0 Å². The third-order valence-corrected chi connectivity index (χ3v) is 6.17. The van der Waals surface area contributed by atoms with Crippen LogP contribution in [-0.4, -0.2) is 33.3 Å². The van der Waals surface area contributed by atoms with E-state index < -0.39 is 0 Å². The first-order valence-electron chi connectivity index (χ1n) is 11.0. The number of rotatable bonds is 7. The maximum atomic E-state index is 13.7. The van der Waals surface area contributed by atoms with Crippen molar-refractivity contribution in [1.82, 2.24) is 20.2 Å². The fraction of sp³-hybridized carbons (Fsp3) is 0.375. The predicted octanol–water partition coefficient (Wildman–Crippen LogP) is 4.85. The van der Waals surface area contributed by atoms with E-state index in [-0.39, 0.29) is 5.82 Å². The molecule has 2 aromatic heterocycles. The lowest BCUT2D eigenvalue weighted by Crippen LogP contribution is -2.37. The zero-order valence-corrected chi connectivity index (χ0v) is 17.5. The Bertz CT molecular complexity index is 1140. The third-order valence-electron chi connectivity index (χ3n) is 6.17. The lowest BCUT2D eigenvalue weighted by atomic mass is 9.92. The largest absolute Gasteiger partial charge is 0.464 e. The van der Waals surface area contributed by atoms with E-state index in [4.69, 9.17) is 4.42 Å². The van der Waals surface area contributed by atoms with Gasteiger partial charge in [-0.25, -0.2) is 9.07 Å². The standard InChI is InChI=1S/C24H26FN5O/c25-21-11-12-23-22(14-21)20(17-31-23)16-30-24(26-27-28-30)29-13-5-10-19(15-29)9-4-8-18-6-2-1-3-7-18/h1-3,6-7,11-12,14,17,19H,4-5,8-10,13,15-16H2. The van der Waals surface area contributed by atoms with Crippen molar-refractivity contribution in [3.63, 3.8) is 0 Å². The van der Waals surface area contributed by atoms with E-state index in [2.05, 4.69) is 50.8 Å². The molecule has 7 heteroatoms. The molecule has 0 aliphatic carbocycles. The SMILES string of the molecule is Fc1ccc2occ(Cn3nnnc3N3CCCC(CCCc4ccccc4)C3)c2c1. The third kappa shape index (κ3) is 4.45. The molecular formula is C24H26FN5O. The van der Waals surface area contributed by atoms with Crippen LogP contribution in [0.2, 0.25) is 0 Å². The van der Waals surface area contributed by atoms with Crippen molar-refractivity contribution in [2.45, 2.75) is 38.6 Å². The molecule has 0 N–H and O–H groups in total. The molecule has 0 amide bonds. The number of benzene rings is 2. The van der Waals surface area contributed by atoms with Crippen molar-refractivity contribution in [2.24, 2.45) is 5.92 Å². The van der Waals surface area contributed by atoms with Crippen molar-refractivity contribution in [3.8, 4) is 0 Å². The molecule has 1 saturated heterocycles. The molecule has 1 atom stereocenters. The van der Waals surface area contributed by atoms with Crippen LogP contribution in [0.1, 0.15) is 36.8 Å². The highest BCUT2D eigenvalue weighted by molar-refractivity contribution is 5.81. The molecule has 4 aromatic rings. The smallest absolute Gasteiger partial charge is 0.245 e. The first kappa shape index (κ1) is 19.7. The molecule has 0 spiro atoms. The summed E-state index contributed by atoms with van der Waals surface area (Å²) in [6.07, 6.45) is 7.58. The van der Waals surface area contributed by atoms with Crippen molar-refractivity contribution in [3.05, 3.63) is 71.7 Å². The summed E-state index contributed by atoms with van der Waals surface area (Å²) in [5, 5.41) is 13.2. The Morgan fingerprint density at radius 1 is 1.13 bits per heavy atom. The van der Waals surface area contributed by atoms with E-state index >= 15 is 0 Å². The summed E-state index contributed by atoms with van der Waals surface area (Å²) >= 11 is 0. The fourth-order valence-electron chi connectivity index (χ4n) is 4.59. The van der Waals surface area contributed by atoms with Gasteiger partial charge in [0.05, 0.1) is 12.8 Å². The summed E-state index contributed by atoms with van der Waals surface area (Å²) in [4.78, 5) is 2.29. The first-order chi connectivity index (χ1) is 15.3. The molecule has 3 heterocycles. The highest BCUT2D eigenvalue weighted by atomic mass is 19.1. The Labute approximate surface area is 180 Å². The van der Waals surface area contributed by atoms with Gasteiger partial charge >= 0.3 is 0 Å². The van der Waals surface area contributed by atoms with E-state index in [1.807, 2.05) is 0 Å².